The average Bonchev–Trinajstić information content (AvgIpc) is 2.94. The molecule has 2 N–H and O–H groups in total. The number of carbonyl (C=O) groups excluding carboxylic acids is 2. The number of amides is 2. The highest BCUT2D eigenvalue weighted by Gasteiger charge is 2.18. The molecule has 2 rings (SSSR count). The highest BCUT2D eigenvalue weighted by atomic mass is 35.5. The van der Waals surface area contributed by atoms with E-state index < -0.39 is 6.04 Å². The maximum Gasteiger partial charge on any atom is 0.228 e. The van der Waals surface area contributed by atoms with Gasteiger partial charge in [0.2, 0.25) is 16.9 Å². The summed E-state index contributed by atoms with van der Waals surface area (Å²) in [5.41, 5.74) is 0.809. The number of nitrogens with zero attached hydrogens (tertiary/aromatic N) is 2. The Kier molecular flexibility index (Phi) is 7.01. The van der Waals surface area contributed by atoms with Gasteiger partial charge in [-0.15, -0.1) is 10.2 Å². The summed E-state index contributed by atoms with van der Waals surface area (Å²) < 4.78 is 0.809. The first kappa shape index (κ1) is 18.7. The molecule has 2 amide bonds. The third-order valence-electron chi connectivity index (χ3n) is 2.96. The maximum atomic E-state index is 12.3. The zero-order valence-electron chi connectivity index (χ0n) is 13.2. The van der Waals surface area contributed by atoms with E-state index in [2.05, 4.69) is 20.8 Å². The van der Waals surface area contributed by atoms with E-state index in [9.17, 15) is 9.59 Å². The second-order valence-electron chi connectivity index (χ2n) is 4.86. The minimum atomic E-state index is -0.433. The minimum Gasteiger partial charge on any atom is -0.349 e. The summed E-state index contributed by atoms with van der Waals surface area (Å²) in [5, 5.41) is 14.5. The molecule has 0 bridgehead atoms. The van der Waals surface area contributed by atoms with Gasteiger partial charge in [0, 0.05) is 11.9 Å². The van der Waals surface area contributed by atoms with E-state index in [1.165, 1.54) is 18.3 Å². The largest absolute Gasteiger partial charge is 0.349 e. The Morgan fingerprint density at radius 3 is 2.62 bits per heavy atom. The lowest BCUT2D eigenvalue weighted by Gasteiger charge is -2.17. The molecule has 0 aliphatic carbocycles. The van der Waals surface area contributed by atoms with E-state index in [0.717, 1.165) is 15.7 Å². The fourth-order valence-electron chi connectivity index (χ4n) is 1.99. The van der Waals surface area contributed by atoms with Gasteiger partial charge in [-0.3, -0.25) is 9.59 Å². The van der Waals surface area contributed by atoms with Gasteiger partial charge in [-0.25, -0.2) is 0 Å². The molecular weight excluding hydrogens is 368 g/mol. The minimum absolute atomic E-state index is 0.0943. The van der Waals surface area contributed by atoms with Crippen LogP contribution in [0, 0.1) is 0 Å². The summed E-state index contributed by atoms with van der Waals surface area (Å²) in [4.78, 5) is 23.7. The van der Waals surface area contributed by atoms with Crippen molar-refractivity contribution in [2.75, 3.05) is 11.1 Å². The Morgan fingerprint density at radius 2 is 2.00 bits per heavy atom. The topological polar surface area (TPSA) is 84.0 Å². The van der Waals surface area contributed by atoms with Crippen molar-refractivity contribution >= 4 is 51.6 Å². The summed E-state index contributed by atoms with van der Waals surface area (Å²) in [6, 6.07) is 6.59. The second kappa shape index (κ2) is 9.00. The molecule has 0 saturated heterocycles. The fraction of sp³-hybridized carbons (Fsp3) is 0.333. The zero-order valence-corrected chi connectivity index (χ0v) is 15.6. The number of benzene rings is 1. The van der Waals surface area contributed by atoms with Crippen molar-refractivity contribution in [2.24, 2.45) is 0 Å². The van der Waals surface area contributed by atoms with Crippen LogP contribution in [-0.4, -0.2) is 27.8 Å². The Hall–Kier alpha value is -1.64. The number of hydrogen-bond donors (Lipinski definition) is 2. The van der Waals surface area contributed by atoms with Gasteiger partial charge >= 0.3 is 0 Å². The van der Waals surface area contributed by atoms with Crippen LogP contribution in [0.25, 0.3) is 0 Å². The van der Waals surface area contributed by atoms with Crippen LogP contribution >= 0.6 is 34.7 Å². The van der Waals surface area contributed by atoms with Gasteiger partial charge in [-0.2, -0.15) is 0 Å². The number of thioether (sulfide) groups is 1. The molecule has 0 spiro atoms. The van der Waals surface area contributed by atoms with Gasteiger partial charge < -0.3 is 10.6 Å². The van der Waals surface area contributed by atoms with E-state index in [0.29, 0.717) is 10.2 Å². The van der Waals surface area contributed by atoms with Crippen LogP contribution in [0.5, 0.6) is 0 Å². The Bertz CT molecular complexity index is 706. The summed E-state index contributed by atoms with van der Waals surface area (Å²) in [7, 11) is 0. The van der Waals surface area contributed by atoms with Crippen LogP contribution in [0.15, 0.2) is 28.6 Å². The lowest BCUT2D eigenvalue weighted by atomic mass is 10.0. The predicted molar refractivity (Wildman–Crippen MR) is 97.6 cm³/mol. The molecule has 6 nitrogen and oxygen atoms in total. The van der Waals surface area contributed by atoms with Gasteiger partial charge in [0.05, 0.1) is 12.5 Å². The number of nitrogens with one attached hydrogen (secondary N) is 2. The van der Waals surface area contributed by atoms with Crippen molar-refractivity contribution < 1.29 is 9.59 Å². The third kappa shape index (κ3) is 5.77. The fourth-order valence-corrected chi connectivity index (χ4v) is 3.78. The zero-order chi connectivity index (χ0) is 17.5. The van der Waals surface area contributed by atoms with Gasteiger partial charge in [-0.05, 0) is 23.4 Å². The van der Waals surface area contributed by atoms with E-state index in [1.807, 2.05) is 6.92 Å². The number of halogens is 1. The molecule has 128 valence electrons. The molecule has 0 unspecified atom stereocenters. The van der Waals surface area contributed by atoms with Crippen LogP contribution in [-0.2, 0) is 9.59 Å². The van der Waals surface area contributed by atoms with E-state index in [-0.39, 0.29) is 18.2 Å². The smallest absolute Gasteiger partial charge is 0.228 e. The molecule has 0 aliphatic rings. The molecule has 0 saturated carbocycles. The second-order valence-corrected chi connectivity index (χ2v) is 7.79. The molecule has 2 aromatic rings. The molecule has 0 aliphatic heterocycles. The average molecular weight is 385 g/mol. The van der Waals surface area contributed by atoms with Gasteiger partial charge in [0.1, 0.15) is 0 Å². The van der Waals surface area contributed by atoms with E-state index >= 15 is 0 Å². The number of carbonyl (C=O) groups is 2. The molecule has 0 radical (unpaired) electrons. The standard InChI is InChI=1S/C15H17ClN4O2S2/c1-3-23-15-20-19-14(24-15)18-13(22)8-12(17-9(2)21)10-4-6-11(16)7-5-10/h4-7,12H,3,8H2,1-2H3,(H,17,21)(H,18,19,22)/t12-/m1/s1. The molecule has 9 heteroatoms. The number of hydrogen-bond acceptors (Lipinski definition) is 6. The van der Waals surface area contributed by atoms with Gasteiger partial charge in [0.15, 0.2) is 4.34 Å². The number of rotatable bonds is 7. The Labute approximate surface area is 153 Å². The molecule has 24 heavy (non-hydrogen) atoms. The van der Waals surface area contributed by atoms with Crippen LogP contribution in [0.1, 0.15) is 31.9 Å². The summed E-state index contributed by atoms with van der Waals surface area (Å²) in [5.74, 6) is 0.442. The lowest BCUT2D eigenvalue weighted by molar-refractivity contribution is -0.120. The highest BCUT2D eigenvalue weighted by molar-refractivity contribution is 8.01. The molecule has 1 atom stereocenters. The van der Waals surface area contributed by atoms with Crippen molar-refractivity contribution in [3.05, 3.63) is 34.9 Å². The number of aromatic nitrogens is 2. The van der Waals surface area contributed by atoms with Crippen LogP contribution in [0.4, 0.5) is 5.13 Å². The molecule has 1 aromatic heterocycles. The van der Waals surface area contributed by atoms with Crippen molar-refractivity contribution in [1.82, 2.24) is 15.5 Å². The highest BCUT2D eigenvalue weighted by Crippen LogP contribution is 2.26. The Morgan fingerprint density at radius 1 is 1.29 bits per heavy atom. The van der Waals surface area contributed by atoms with Crippen molar-refractivity contribution in [3.63, 3.8) is 0 Å². The first-order valence-corrected chi connectivity index (χ1v) is 9.44. The molecular formula is C15H17ClN4O2S2. The summed E-state index contributed by atoms with van der Waals surface area (Å²) >= 11 is 8.78. The molecule has 1 aromatic carbocycles. The van der Waals surface area contributed by atoms with Gasteiger partial charge in [-0.1, -0.05) is 53.8 Å². The van der Waals surface area contributed by atoms with E-state index in [1.54, 1.807) is 36.0 Å². The van der Waals surface area contributed by atoms with Crippen LogP contribution in [0.2, 0.25) is 5.02 Å². The normalized spacial score (nSPS) is 11.8. The Balaban J connectivity index is 2.03. The SMILES string of the molecule is CCSc1nnc(NC(=O)C[C@@H](NC(C)=O)c2ccc(Cl)cc2)s1. The molecule has 0 fully saturated rings. The third-order valence-corrected chi connectivity index (χ3v) is 5.07. The summed E-state index contributed by atoms with van der Waals surface area (Å²) in [6.07, 6.45) is 0.0943. The molecule has 1 heterocycles. The first-order valence-electron chi connectivity index (χ1n) is 7.26. The van der Waals surface area contributed by atoms with E-state index in [4.69, 9.17) is 11.6 Å². The van der Waals surface area contributed by atoms with Crippen molar-refractivity contribution in [2.45, 2.75) is 30.6 Å². The summed E-state index contributed by atoms with van der Waals surface area (Å²) in [6.45, 7) is 3.44. The van der Waals surface area contributed by atoms with Crippen LogP contribution < -0.4 is 10.6 Å². The van der Waals surface area contributed by atoms with Crippen molar-refractivity contribution in [3.8, 4) is 0 Å². The maximum absolute atomic E-state index is 12.3. The lowest BCUT2D eigenvalue weighted by Crippen LogP contribution is -2.29. The van der Waals surface area contributed by atoms with Crippen LogP contribution in [0.3, 0.4) is 0 Å². The van der Waals surface area contributed by atoms with Gasteiger partial charge in [0.25, 0.3) is 0 Å². The van der Waals surface area contributed by atoms with Crippen molar-refractivity contribution in [1.29, 1.82) is 0 Å². The number of anilines is 1. The monoisotopic (exact) mass is 384 g/mol. The quantitative estimate of drug-likeness (QED) is 0.563. The predicted octanol–water partition coefficient (Wildman–Crippen LogP) is 3.51. The first-order chi connectivity index (χ1) is 11.5.